The molecule has 114 valence electrons. The van der Waals surface area contributed by atoms with E-state index in [1.54, 1.807) is 0 Å². The summed E-state index contributed by atoms with van der Waals surface area (Å²) in [6.45, 7) is 0. The van der Waals surface area contributed by atoms with Crippen molar-refractivity contribution in [2.45, 2.75) is 0 Å². The molecule has 5 rings (SSSR count). The zero-order valence-electron chi connectivity index (χ0n) is 12.6. The van der Waals surface area contributed by atoms with Gasteiger partial charge in [0, 0.05) is 19.9 Å². The van der Waals surface area contributed by atoms with Crippen molar-refractivity contribution in [3.63, 3.8) is 0 Å². The van der Waals surface area contributed by atoms with Crippen LogP contribution in [0.4, 0.5) is 0 Å². The Morgan fingerprint density at radius 1 is 0.708 bits per heavy atom. The fourth-order valence-corrected chi connectivity index (χ4v) is 3.85. The van der Waals surface area contributed by atoms with Gasteiger partial charge in [-0.05, 0) is 46.2 Å². The molecular formula is C20H12IN3. The highest BCUT2D eigenvalue weighted by atomic mass is 127. The molecule has 0 radical (unpaired) electrons. The summed E-state index contributed by atoms with van der Waals surface area (Å²) in [5.74, 6) is 0.880. The van der Waals surface area contributed by atoms with Gasteiger partial charge in [-0.1, -0.05) is 54.6 Å². The molecule has 2 heterocycles. The van der Waals surface area contributed by atoms with Gasteiger partial charge in [-0.2, -0.15) is 0 Å². The third-order valence-electron chi connectivity index (χ3n) is 4.35. The van der Waals surface area contributed by atoms with Gasteiger partial charge in [0.1, 0.15) is 0 Å². The first-order valence-electron chi connectivity index (χ1n) is 7.73. The first-order chi connectivity index (χ1) is 11.8. The topological polar surface area (TPSA) is 30.2 Å². The van der Waals surface area contributed by atoms with Gasteiger partial charge in [-0.15, -0.1) is 10.2 Å². The maximum atomic E-state index is 4.52. The van der Waals surface area contributed by atoms with Crippen LogP contribution in [0.15, 0.2) is 72.8 Å². The van der Waals surface area contributed by atoms with Crippen LogP contribution in [0.3, 0.4) is 0 Å². The number of hydrogen-bond donors (Lipinski definition) is 0. The van der Waals surface area contributed by atoms with E-state index in [9.17, 15) is 0 Å². The number of aromatic nitrogens is 3. The number of halogens is 1. The van der Waals surface area contributed by atoms with E-state index in [2.05, 4.69) is 110 Å². The molecule has 0 amide bonds. The number of rotatable bonds is 1. The van der Waals surface area contributed by atoms with Crippen LogP contribution in [0.25, 0.3) is 38.7 Å². The van der Waals surface area contributed by atoms with Gasteiger partial charge < -0.3 is 0 Å². The molecule has 0 aliphatic heterocycles. The lowest BCUT2D eigenvalue weighted by Gasteiger charge is -2.09. The molecule has 0 unspecified atom stereocenters. The fourth-order valence-electron chi connectivity index (χ4n) is 3.31. The monoisotopic (exact) mass is 421 g/mol. The number of nitrogens with zero attached hydrogens (tertiary/aromatic N) is 3. The third-order valence-corrected chi connectivity index (χ3v) is 5.02. The molecule has 0 saturated heterocycles. The molecule has 24 heavy (non-hydrogen) atoms. The Kier molecular flexibility index (Phi) is 3.06. The molecule has 0 aliphatic carbocycles. The summed E-state index contributed by atoms with van der Waals surface area (Å²) >= 11 is 2.33. The molecule has 0 bridgehead atoms. The second-order valence-corrected chi connectivity index (χ2v) is 7.00. The molecule has 3 nitrogen and oxygen atoms in total. The van der Waals surface area contributed by atoms with Crippen LogP contribution in [-0.2, 0) is 0 Å². The summed E-state index contributed by atoms with van der Waals surface area (Å²) in [6.07, 6.45) is 0. The Bertz CT molecular complexity index is 1220. The lowest BCUT2D eigenvalue weighted by atomic mass is 10.1. The van der Waals surface area contributed by atoms with Crippen molar-refractivity contribution < 1.29 is 0 Å². The third kappa shape index (κ3) is 1.96. The average Bonchev–Trinajstić information content (AvgIpc) is 3.07. The molecule has 3 aromatic carbocycles. The minimum absolute atomic E-state index is 0.880. The van der Waals surface area contributed by atoms with Crippen LogP contribution in [-0.4, -0.2) is 14.6 Å². The van der Waals surface area contributed by atoms with Crippen molar-refractivity contribution in [3.05, 3.63) is 76.4 Å². The first-order valence-corrected chi connectivity index (χ1v) is 8.81. The number of hydrogen-bond acceptors (Lipinski definition) is 2. The summed E-state index contributed by atoms with van der Waals surface area (Å²) in [5, 5.41) is 12.6. The van der Waals surface area contributed by atoms with Gasteiger partial charge in [0.25, 0.3) is 0 Å². The Morgan fingerprint density at radius 2 is 1.46 bits per heavy atom. The minimum Gasteiger partial charge on any atom is -0.274 e. The molecule has 0 N–H and O–H groups in total. The summed E-state index contributed by atoms with van der Waals surface area (Å²) in [7, 11) is 0. The molecule has 0 saturated carbocycles. The van der Waals surface area contributed by atoms with Crippen LogP contribution in [0.5, 0.6) is 0 Å². The lowest BCUT2D eigenvalue weighted by Crippen LogP contribution is -1.94. The van der Waals surface area contributed by atoms with Gasteiger partial charge in [0.2, 0.25) is 0 Å². The SMILES string of the molecule is Ic1cccc(-c2nnc3c4ccccc4c4ccccc4n23)c1. The van der Waals surface area contributed by atoms with Gasteiger partial charge in [0.15, 0.2) is 11.5 Å². The van der Waals surface area contributed by atoms with E-state index in [0.717, 1.165) is 27.9 Å². The molecule has 5 aromatic rings. The zero-order chi connectivity index (χ0) is 16.1. The van der Waals surface area contributed by atoms with Gasteiger partial charge in [-0.25, -0.2) is 0 Å². The highest BCUT2D eigenvalue weighted by molar-refractivity contribution is 14.1. The van der Waals surface area contributed by atoms with Crippen LogP contribution < -0.4 is 0 Å². The quantitative estimate of drug-likeness (QED) is 0.271. The van der Waals surface area contributed by atoms with Crippen molar-refractivity contribution in [1.82, 2.24) is 14.6 Å². The van der Waals surface area contributed by atoms with Crippen LogP contribution in [0, 0.1) is 3.57 Å². The van der Waals surface area contributed by atoms with E-state index in [4.69, 9.17) is 0 Å². The molecule has 0 fully saturated rings. The van der Waals surface area contributed by atoms with E-state index in [1.165, 1.54) is 14.3 Å². The van der Waals surface area contributed by atoms with E-state index in [-0.39, 0.29) is 0 Å². The number of para-hydroxylation sites is 1. The molecule has 0 aliphatic rings. The predicted molar refractivity (Wildman–Crippen MR) is 106 cm³/mol. The second-order valence-electron chi connectivity index (χ2n) is 5.76. The maximum Gasteiger partial charge on any atom is 0.169 e. The number of fused-ring (bicyclic) bond motifs is 6. The fraction of sp³-hybridized carbons (Fsp3) is 0. The van der Waals surface area contributed by atoms with Crippen molar-refractivity contribution in [3.8, 4) is 11.4 Å². The Labute approximate surface area is 152 Å². The highest BCUT2D eigenvalue weighted by Gasteiger charge is 2.15. The molecule has 2 aromatic heterocycles. The van der Waals surface area contributed by atoms with Gasteiger partial charge >= 0.3 is 0 Å². The Morgan fingerprint density at radius 3 is 2.29 bits per heavy atom. The number of pyridine rings is 1. The normalized spacial score (nSPS) is 11.5. The molecule has 4 heteroatoms. The van der Waals surface area contributed by atoms with Gasteiger partial charge in [-0.3, -0.25) is 4.40 Å². The summed E-state index contributed by atoms with van der Waals surface area (Å²) < 4.78 is 3.36. The summed E-state index contributed by atoms with van der Waals surface area (Å²) in [6, 6.07) is 25.2. The smallest absolute Gasteiger partial charge is 0.169 e. The van der Waals surface area contributed by atoms with Crippen molar-refractivity contribution >= 4 is 49.9 Å². The van der Waals surface area contributed by atoms with E-state index < -0.39 is 0 Å². The summed E-state index contributed by atoms with van der Waals surface area (Å²) in [4.78, 5) is 0. The second kappa shape index (κ2) is 5.27. The molecular weight excluding hydrogens is 409 g/mol. The zero-order valence-corrected chi connectivity index (χ0v) is 14.8. The van der Waals surface area contributed by atoms with Crippen LogP contribution in [0.1, 0.15) is 0 Å². The Hall–Kier alpha value is -2.47. The lowest BCUT2D eigenvalue weighted by molar-refractivity contribution is 1.12. The van der Waals surface area contributed by atoms with Crippen molar-refractivity contribution in [1.29, 1.82) is 0 Å². The van der Waals surface area contributed by atoms with E-state index in [1.807, 2.05) is 0 Å². The Balaban J connectivity index is 2.02. The van der Waals surface area contributed by atoms with Crippen molar-refractivity contribution in [2.75, 3.05) is 0 Å². The summed E-state index contributed by atoms with van der Waals surface area (Å²) in [5.41, 5.74) is 3.11. The highest BCUT2D eigenvalue weighted by Crippen LogP contribution is 2.31. The average molecular weight is 421 g/mol. The van der Waals surface area contributed by atoms with E-state index >= 15 is 0 Å². The largest absolute Gasteiger partial charge is 0.274 e. The predicted octanol–water partition coefficient (Wildman–Crippen LogP) is 5.31. The van der Waals surface area contributed by atoms with Crippen LogP contribution in [0.2, 0.25) is 0 Å². The maximum absolute atomic E-state index is 4.52. The molecule has 0 spiro atoms. The molecule has 0 atom stereocenters. The van der Waals surface area contributed by atoms with E-state index in [0.29, 0.717) is 0 Å². The standard InChI is InChI=1S/C20H12IN3/c21-14-7-5-6-13(12-14)19-22-23-20-17-10-2-1-8-15(17)16-9-3-4-11-18(16)24(19)20/h1-12H. The minimum atomic E-state index is 0.880. The van der Waals surface area contributed by atoms with Crippen molar-refractivity contribution in [2.24, 2.45) is 0 Å². The van der Waals surface area contributed by atoms with Crippen LogP contribution >= 0.6 is 22.6 Å². The first kappa shape index (κ1) is 13.9. The number of benzene rings is 3. The van der Waals surface area contributed by atoms with Gasteiger partial charge in [0.05, 0.1) is 5.52 Å².